The molecule has 2 aromatic carbocycles. The maximum Gasteiger partial charge on any atom is 0.256 e. The summed E-state index contributed by atoms with van der Waals surface area (Å²) in [6.07, 6.45) is 4.49. The summed E-state index contributed by atoms with van der Waals surface area (Å²) >= 11 is 6.42. The average Bonchev–Trinajstić information content (AvgIpc) is 2.85. The normalized spacial score (nSPS) is 11.4. The third-order valence-electron chi connectivity index (χ3n) is 4.59. The highest BCUT2D eigenvalue weighted by atomic mass is 35.5. The Morgan fingerprint density at radius 2 is 1.69 bits per heavy atom. The van der Waals surface area contributed by atoms with Gasteiger partial charge in [0.25, 0.3) is 10.0 Å². The van der Waals surface area contributed by atoms with Gasteiger partial charge in [-0.05, 0) is 36.8 Å². The van der Waals surface area contributed by atoms with Crippen LogP contribution in [0, 0.1) is 6.92 Å². The van der Waals surface area contributed by atoms with Gasteiger partial charge < -0.3 is 9.47 Å². The molecule has 4 aromatic rings. The van der Waals surface area contributed by atoms with Crippen LogP contribution < -0.4 is 14.2 Å². The van der Waals surface area contributed by atoms with Crippen LogP contribution in [-0.4, -0.2) is 35.5 Å². The Kier molecular flexibility index (Phi) is 7.23. The van der Waals surface area contributed by atoms with Gasteiger partial charge in [-0.2, -0.15) is 0 Å². The van der Waals surface area contributed by atoms with E-state index in [9.17, 15) is 8.42 Å². The number of halogens is 1. The van der Waals surface area contributed by atoms with Gasteiger partial charge in [-0.15, -0.1) is 0 Å². The molecule has 2 aromatic heterocycles. The van der Waals surface area contributed by atoms with Crippen molar-refractivity contribution in [1.82, 2.24) is 19.9 Å². The molecule has 0 atom stereocenters. The Bertz CT molecular complexity index is 1480. The molecule has 0 saturated carbocycles. The van der Waals surface area contributed by atoms with Crippen molar-refractivity contribution < 1.29 is 17.9 Å². The zero-order chi connectivity index (χ0) is 24.8. The van der Waals surface area contributed by atoms with E-state index in [4.69, 9.17) is 21.1 Å². The van der Waals surface area contributed by atoms with E-state index in [0.717, 1.165) is 16.5 Å². The van der Waals surface area contributed by atoms with E-state index in [1.54, 1.807) is 36.4 Å². The number of aromatic nitrogens is 4. The molecule has 0 bridgehead atoms. The predicted octanol–water partition coefficient (Wildman–Crippen LogP) is 5.11. The second kappa shape index (κ2) is 10.5. The summed E-state index contributed by atoms with van der Waals surface area (Å²) in [7, 11) is -2.54. The fourth-order valence-corrected chi connectivity index (χ4v) is 4.04. The number of nitrogens with zero attached hydrogens (tertiary/aromatic N) is 4. The van der Waals surface area contributed by atoms with Crippen LogP contribution in [0.25, 0.3) is 17.7 Å². The lowest BCUT2D eigenvalue weighted by Crippen LogP contribution is -2.13. The van der Waals surface area contributed by atoms with Crippen molar-refractivity contribution >= 4 is 33.5 Å². The summed E-state index contributed by atoms with van der Waals surface area (Å²) in [5.41, 5.74) is 1.72. The number of aryl methyl sites for hydroxylation is 1. The van der Waals surface area contributed by atoms with E-state index < -0.39 is 10.0 Å². The first-order valence-corrected chi connectivity index (χ1v) is 12.2. The molecule has 0 spiro atoms. The van der Waals surface area contributed by atoms with Crippen molar-refractivity contribution in [2.75, 3.05) is 11.8 Å². The number of nitrogens with one attached hydrogen (secondary N) is 1. The molecule has 35 heavy (non-hydrogen) atoms. The van der Waals surface area contributed by atoms with Crippen LogP contribution in [0.5, 0.6) is 17.2 Å². The third-order valence-corrected chi connectivity index (χ3v) is 5.82. The van der Waals surface area contributed by atoms with Crippen LogP contribution in [0.4, 0.5) is 5.82 Å². The van der Waals surface area contributed by atoms with E-state index in [-0.39, 0.29) is 28.4 Å². The number of sulfonamides is 1. The molecule has 11 heteroatoms. The third kappa shape index (κ3) is 6.11. The van der Waals surface area contributed by atoms with Gasteiger partial charge in [0.1, 0.15) is 0 Å². The summed E-state index contributed by atoms with van der Waals surface area (Å²) in [4.78, 5) is 16.7. The second-order valence-electron chi connectivity index (χ2n) is 7.21. The predicted molar refractivity (Wildman–Crippen MR) is 134 cm³/mol. The van der Waals surface area contributed by atoms with Crippen LogP contribution in [0.2, 0.25) is 5.15 Å². The first-order chi connectivity index (χ1) is 16.8. The largest absolute Gasteiger partial charge is 0.493 e. The van der Waals surface area contributed by atoms with Crippen molar-refractivity contribution in [3.63, 3.8) is 0 Å². The van der Waals surface area contributed by atoms with Crippen molar-refractivity contribution in [1.29, 1.82) is 0 Å². The minimum atomic E-state index is -4.02. The Labute approximate surface area is 207 Å². The molecule has 2 heterocycles. The SMILES string of the molecule is COc1ccccc1Oc1c(Cl)nc(-c2ncccn2)nc1NS(=O)(=O)C=Cc1cccc(C)c1. The maximum absolute atomic E-state index is 12.9. The number of hydrogen-bond acceptors (Lipinski definition) is 8. The molecule has 0 saturated heterocycles. The highest BCUT2D eigenvalue weighted by Gasteiger charge is 2.22. The molecule has 0 aliphatic rings. The molecule has 0 aliphatic heterocycles. The highest BCUT2D eigenvalue weighted by molar-refractivity contribution is 7.95. The van der Waals surface area contributed by atoms with Crippen molar-refractivity contribution in [2.24, 2.45) is 0 Å². The van der Waals surface area contributed by atoms with Gasteiger partial charge in [0.15, 0.2) is 28.3 Å². The lowest BCUT2D eigenvalue weighted by atomic mass is 10.1. The minimum absolute atomic E-state index is 0.0170. The molecule has 0 radical (unpaired) electrons. The zero-order valence-corrected chi connectivity index (χ0v) is 20.3. The number of benzene rings is 2. The molecular formula is C24H20ClN5O4S. The second-order valence-corrected chi connectivity index (χ2v) is 9.13. The van der Waals surface area contributed by atoms with Crippen LogP contribution in [0.1, 0.15) is 11.1 Å². The molecule has 178 valence electrons. The molecule has 0 unspecified atom stereocenters. The molecule has 0 aliphatic carbocycles. The van der Waals surface area contributed by atoms with Gasteiger partial charge in [0.05, 0.1) is 12.5 Å². The van der Waals surface area contributed by atoms with Crippen LogP contribution in [0.15, 0.2) is 72.4 Å². The monoisotopic (exact) mass is 509 g/mol. The number of ether oxygens (including phenoxy) is 2. The quantitative estimate of drug-likeness (QED) is 0.326. The number of hydrogen-bond donors (Lipinski definition) is 1. The fourth-order valence-electron chi connectivity index (χ4n) is 3.02. The summed E-state index contributed by atoms with van der Waals surface area (Å²) in [6.45, 7) is 1.92. The van der Waals surface area contributed by atoms with Crippen LogP contribution in [0.3, 0.4) is 0 Å². The lowest BCUT2D eigenvalue weighted by molar-refractivity contribution is 0.378. The topological polar surface area (TPSA) is 116 Å². The van der Waals surface area contributed by atoms with Crippen molar-refractivity contribution in [3.05, 3.63) is 88.7 Å². The van der Waals surface area contributed by atoms with Gasteiger partial charge in [0.2, 0.25) is 11.6 Å². The Balaban J connectivity index is 1.75. The standard InChI is InChI=1S/C24H20ClN5O4S/c1-16-7-5-8-17(15-16)11-14-35(31,32)30-22-20(34-19-10-4-3-9-18(19)33-2)21(25)28-24(29-22)23-26-12-6-13-27-23/h3-15H,1-2H3,(H,28,29,30). The Morgan fingerprint density at radius 1 is 0.943 bits per heavy atom. The van der Waals surface area contributed by atoms with Crippen LogP contribution >= 0.6 is 11.6 Å². The van der Waals surface area contributed by atoms with E-state index in [2.05, 4.69) is 24.7 Å². The van der Waals surface area contributed by atoms with Gasteiger partial charge in [-0.3, -0.25) is 4.72 Å². The van der Waals surface area contributed by atoms with Crippen molar-refractivity contribution in [2.45, 2.75) is 6.92 Å². The van der Waals surface area contributed by atoms with Crippen LogP contribution in [-0.2, 0) is 10.0 Å². The first kappa shape index (κ1) is 24.1. The molecular weight excluding hydrogens is 490 g/mol. The van der Waals surface area contributed by atoms with E-state index in [0.29, 0.717) is 11.5 Å². The van der Waals surface area contributed by atoms with Gasteiger partial charge in [-0.25, -0.2) is 28.4 Å². The zero-order valence-electron chi connectivity index (χ0n) is 18.7. The lowest BCUT2D eigenvalue weighted by Gasteiger charge is -2.15. The highest BCUT2D eigenvalue weighted by Crippen LogP contribution is 2.39. The first-order valence-electron chi connectivity index (χ1n) is 10.3. The summed E-state index contributed by atoms with van der Waals surface area (Å²) < 4.78 is 39.5. The van der Waals surface area contributed by atoms with E-state index >= 15 is 0 Å². The Morgan fingerprint density at radius 3 is 2.40 bits per heavy atom. The number of methoxy groups -OCH3 is 1. The summed E-state index contributed by atoms with van der Waals surface area (Å²) in [5.74, 6) is 0.583. The molecule has 0 amide bonds. The van der Waals surface area contributed by atoms with E-state index in [1.807, 2.05) is 25.1 Å². The number of anilines is 1. The molecule has 0 fully saturated rings. The minimum Gasteiger partial charge on any atom is -0.493 e. The summed E-state index contributed by atoms with van der Waals surface area (Å²) in [6, 6.07) is 15.9. The van der Waals surface area contributed by atoms with Gasteiger partial charge in [0, 0.05) is 12.4 Å². The Hall–Kier alpha value is -4.02. The van der Waals surface area contributed by atoms with Gasteiger partial charge in [-0.1, -0.05) is 53.6 Å². The molecule has 9 nitrogen and oxygen atoms in total. The van der Waals surface area contributed by atoms with Crippen molar-refractivity contribution in [3.8, 4) is 28.9 Å². The molecule has 1 N–H and O–H groups in total. The number of para-hydroxylation sites is 2. The maximum atomic E-state index is 12.9. The number of rotatable bonds is 8. The smallest absolute Gasteiger partial charge is 0.256 e. The van der Waals surface area contributed by atoms with Gasteiger partial charge >= 0.3 is 0 Å². The van der Waals surface area contributed by atoms with E-state index in [1.165, 1.54) is 25.6 Å². The molecule has 4 rings (SSSR count). The average molecular weight is 510 g/mol. The summed E-state index contributed by atoms with van der Waals surface area (Å²) in [5, 5.41) is 0.886. The fraction of sp³-hybridized carbons (Fsp3) is 0.0833.